The quantitative estimate of drug-likeness (QED) is 0.167. The number of benzene rings is 3. The van der Waals surface area contributed by atoms with E-state index in [-0.39, 0.29) is 28.2 Å². The van der Waals surface area contributed by atoms with E-state index in [9.17, 15) is 26.4 Å². The van der Waals surface area contributed by atoms with E-state index in [4.69, 9.17) is 25.8 Å². The van der Waals surface area contributed by atoms with Crippen molar-refractivity contribution in [1.82, 2.24) is 10.0 Å². The van der Waals surface area contributed by atoms with Crippen LogP contribution in [0.3, 0.4) is 0 Å². The summed E-state index contributed by atoms with van der Waals surface area (Å²) in [6.45, 7) is 1.39. The summed E-state index contributed by atoms with van der Waals surface area (Å²) in [5, 5.41) is 21.6. The van der Waals surface area contributed by atoms with Gasteiger partial charge in [0, 0.05) is 11.6 Å². The Labute approximate surface area is 261 Å². The number of amidine groups is 1. The molecule has 3 atom stereocenters. The third kappa shape index (κ3) is 7.66. The first kappa shape index (κ1) is 34.0. The number of aliphatic carboxylic acids is 1. The Bertz CT molecular complexity index is 1740. The second kappa shape index (κ2) is 13.6. The van der Waals surface area contributed by atoms with Gasteiger partial charge in [0.25, 0.3) is 0 Å². The summed E-state index contributed by atoms with van der Waals surface area (Å²) in [7, 11) is -2.45. The van der Waals surface area contributed by atoms with Crippen LogP contribution in [0.2, 0.25) is 0 Å². The molecular weight excluding hydrogens is 633 g/mol. The molecule has 0 amide bonds. The molecule has 1 fully saturated rings. The van der Waals surface area contributed by atoms with Crippen molar-refractivity contribution in [1.29, 1.82) is 5.41 Å². The zero-order valence-corrected chi connectivity index (χ0v) is 25.6. The van der Waals surface area contributed by atoms with Gasteiger partial charge in [-0.1, -0.05) is 48.2 Å². The molecule has 10 nitrogen and oxygen atoms in total. The zero-order chi connectivity index (χ0) is 33.0. The van der Waals surface area contributed by atoms with Gasteiger partial charge in [-0.3, -0.25) is 10.2 Å². The highest BCUT2D eigenvalue weighted by molar-refractivity contribution is 8.16. The summed E-state index contributed by atoms with van der Waals surface area (Å²) in [5.74, 6) is -2.26. The molecule has 3 aromatic rings. The first-order valence-corrected chi connectivity index (χ1v) is 16.0. The van der Waals surface area contributed by atoms with Gasteiger partial charge in [-0.15, -0.1) is 0 Å². The molecule has 0 spiro atoms. The van der Waals surface area contributed by atoms with Gasteiger partial charge in [0.05, 0.1) is 17.4 Å². The number of hydrogen-bond acceptors (Lipinski definition) is 8. The number of sulfonamides is 1. The van der Waals surface area contributed by atoms with Crippen LogP contribution in [0.5, 0.6) is 5.75 Å². The number of methoxy groups -OCH3 is 1. The number of fused-ring (bicyclic) bond motifs is 1. The Morgan fingerprint density at radius 2 is 1.91 bits per heavy atom. The standard InChI is InChI=1S/C28H30N4O4S2.C2HF3O2/c1-36-23-7-5-19-6-8-24(16-21(19)15-23)38(34,35)32-25(14-18-3-2-4-20(13-18)26(29)30)28(10-12-37-27(28)33)22-9-11-31-17-22;3-2(4,5)1(6)7/h2-8,10,12-13,15-16,22,25,31-32H,9,11,14,17H2,1H3,(H3,29,30);(H,6,7)/t22-,25?,28?;/m1./s1. The Balaban J connectivity index is 0.000000591. The van der Waals surface area contributed by atoms with E-state index in [1.54, 1.807) is 55.0 Å². The maximum Gasteiger partial charge on any atom is 0.490 e. The molecule has 0 bridgehead atoms. The summed E-state index contributed by atoms with van der Waals surface area (Å²) in [4.78, 5) is 22.5. The molecule has 2 aliphatic rings. The second-order valence-electron chi connectivity index (χ2n) is 10.5. The molecule has 45 heavy (non-hydrogen) atoms. The van der Waals surface area contributed by atoms with Crippen LogP contribution in [0.1, 0.15) is 17.5 Å². The van der Waals surface area contributed by atoms with Crippen LogP contribution in [0, 0.1) is 16.7 Å². The minimum atomic E-state index is -5.08. The Kier molecular flexibility index (Phi) is 10.3. The molecule has 0 aliphatic carbocycles. The van der Waals surface area contributed by atoms with Crippen molar-refractivity contribution in [2.24, 2.45) is 17.1 Å². The molecule has 5 rings (SSSR count). The molecule has 3 aromatic carbocycles. The van der Waals surface area contributed by atoms with Crippen LogP contribution >= 0.6 is 11.8 Å². The normalized spacial score (nSPS) is 20.4. The average molecular weight is 665 g/mol. The Hall–Kier alpha value is -3.92. The third-order valence-electron chi connectivity index (χ3n) is 7.73. The number of carbonyl (C=O) groups excluding carboxylic acids is 1. The summed E-state index contributed by atoms with van der Waals surface area (Å²) in [6, 6.07) is 16.9. The molecule has 1 saturated heterocycles. The monoisotopic (exact) mass is 664 g/mol. The molecular formula is C30H31F3N4O6S2. The summed E-state index contributed by atoms with van der Waals surface area (Å²) < 4.78 is 67.7. The van der Waals surface area contributed by atoms with Crippen molar-refractivity contribution in [3.63, 3.8) is 0 Å². The Morgan fingerprint density at radius 3 is 2.49 bits per heavy atom. The lowest BCUT2D eigenvalue weighted by atomic mass is 9.69. The number of thioether (sulfide) groups is 1. The van der Waals surface area contributed by atoms with Gasteiger partial charge in [0.2, 0.25) is 15.1 Å². The second-order valence-corrected chi connectivity index (χ2v) is 13.1. The molecule has 2 aliphatic heterocycles. The van der Waals surface area contributed by atoms with Crippen LogP contribution in [0.25, 0.3) is 10.8 Å². The van der Waals surface area contributed by atoms with Crippen LogP contribution in [-0.4, -0.2) is 62.9 Å². The molecule has 0 saturated carbocycles. The van der Waals surface area contributed by atoms with E-state index in [0.29, 0.717) is 17.9 Å². The number of carboxylic acid groups (broad SMARTS) is 1. The number of ether oxygens (including phenoxy) is 1. The molecule has 2 unspecified atom stereocenters. The number of rotatable bonds is 9. The summed E-state index contributed by atoms with van der Waals surface area (Å²) in [6.07, 6.45) is -2.18. The van der Waals surface area contributed by atoms with Crippen molar-refractivity contribution in [2.45, 2.75) is 30.0 Å². The first-order valence-electron chi connectivity index (χ1n) is 13.6. The van der Waals surface area contributed by atoms with Crippen LogP contribution < -0.4 is 20.5 Å². The molecule has 0 radical (unpaired) electrons. The average Bonchev–Trinajstić information content (AvgIpc) is 3.67. The lowest BCUT2D eigenvalue weighted by Gasteiger charge is -2.39. The van der Waals surface area contributed by atoms with E-state index in [1.807, 2.05) is 24.3 Å². The highest BCUT2D eigenvalue weighted by Gasteiger charge is 2.53. The van der Waals surface area contributed by atoms with Gasteiger partial charge >= 0.3 is 12.1 Å². The number of nitrogen functional groups attached to an aromatic ring is 1. The molecule has 6 N–H and O–H groups in total. The van der Waals surface area contributed by atoms with Gasteiger partial charge in [0.15, 0.2) is 0 Å². The molecule has 15 heteroatoms. The number of hydrogen-bond donors (Lipinski definition) is 5. The van der Waals surface area contributed by atoms with Crippen LogP contribution in [0.15, 0.2) is 77.0 Å². The molecule has 2 heterocycles. The minimum absolute atomic E-state index is 0.0641. The van der Waals surface area contributed by atoms with E-state index in [1.165, 1.54) is 0 Å². The minimum Gasteiger partial charge on any atom is -0.497 e. The fourth-order valence-electron chi connectivity index (χ4n) is 5.45. The lowest BCUT2D eigenvalue weighted by Crippen LogP contribution is -2.54. The number of carbonyl (C=O) groups is 2. The summed E-state index contributed by atoms with van der Waals surface area (Å²) >= 11 is 1.12. The van der Waals surface area contributed by atoms with E-state index in [0.717, 1.165) is 41.1 Å². The van der Waals surface area contributed by atoms with Crippen LogP contribution in [0.4, 0.5) is 13.2 Å². The highest BCUT2D eigenvalue weighted by atomic mass is 32.2. The van der Waals surface area contributed by atoms with E-state index >= 15 is 0 Å². The topological polar surface area (TPSA) is 172 Å². The molecule has 240 valence electrons. The SMILES string of the molecule is COc1ccc2ccc(S(=O)(=O)NC(Cc3cccc(C(=N)N)c3)C3([C@@H]4CCNC4)C=CSC3=O)cc2c1.O=C(O)C(F)(F)F. The first-order chi connectivity index (χ1) is 21.2. The van der Waals surface area contributed by atoms with Gasteiger partial charge in [-0.25, -0.2) is 17.9 Å². The largest absolute Gasteiger partial charge is 0.497 e. The lowest BCUT2D eigenvalue weighted by molar-refractivity contribution is -0.192. The fraction of sp³-hybridized carbons (Fsp3) is 0.300. The smallest absolute Gasteiger partial charge is 0.490 e. The van der Waals surface area contributed by atoms with Crippen molar-refractivity contribution < 1.29 is 41.0 Å². The van der Waals surface area contributed by atoms with Gasteiger partial charge in [-0.05, 0) is 83.9 Å². The van der Waals surface area contributed by atoms with Crippen molar-refractivity contribution in [2.75, 3.05) is 20.2 Å². The van der Waals surface area contributed by atoms with E-state index < -0.39 is 33.6 Å². The number of alkyl halides is 3. The zero-order valence-electron chi connectivity index (χ0n) is 23.9. The third-order valence-corrected chi connectivity index (χ3v) is 10.0. The maximum absolute atomic E-state index is 13.9. The van der Waals surface area contributed by atoms with Gasteiger partial charge < -0.3 is 20.9 Å². The van der Waals surface area contributed by atoms with Crippen molar-refractivity contribution in [3.05, 3.63) is 83.3 Å². The van der Waals surface area contributed by atoms with Crippen LogP contribution in [-0.2, 0) is 26.0 Å². The number of nitrogens with two attached hydrogens (primary N) is 1. The van der Waals surface area contributed by atoms with Crippen molar-refractivity contribution in [3.8, 4) is 5.75 Å². The predicted octanol–water partition coefficient (Wildman–Crippen LogP) is 4.04. The number of nitrogens with one attached hydrogen (secondary N) is 3. The van der Waals surface area contributed by atoms with Crippen molar-refractivity contribution >= 4 is 49.5 Å². The summed E-state index contributed by atoms with van der Waals surface area (Å²) in [5.41, 5.74) is 6.03. The highest BCUT2D eigenvalue weighted by Crippen LogP contribution is 2.47. The fourth-order valence-corrected chi connectivity index (χ4v) is 7.76. The van der Waals surface area contributed by atoms with E-state index in [2.05, 4.69) is 10.0 Å². The molecule has 0 aromatic heterocycles. The number of carboxylic acids is 1. The number of halogens is 3. The van der Waals surface area contributed by atoms with Gasteiger partial charge in [-0.2, -0.15) is 13.2 Å². The predicted molar refractivity (Wildman–Crippen MR) is 165 cm³/mol. The maximum atomic E-state index is 13.9. The van der Waals surface area contributed by atoms with Gasteiger partial charge in [0.1, 0.15) is 11.6 Å². The Morgan fingerprint density at radius 1 is 1.20 bits per heavy atom.